The quantitative estimate of drug-likeness (QED) is 0.534. The van der Waals surface area contributed by atoms with Crippen molar-refractivity contribution in [2.24, 2.45) is 7.05 Å². The van der Waals surface area contributed by atoms with Crippen LogP contribution < -0.4 is 16.9 Å². The molecule has 3 aromatic rings. The van der Waals surface area contributed by atoms with Gasteiger partial charge >= 0.3 is 11.1 Å². The van der Waals surface area contributed by atoms with E-state index < -0.39 is 11.1 Å². The minimum atomic E-state index is -0.816. The van der Waals surface area contributed by atoms with Crippen molar-refractivity contribution < 1.29 is 0 Å². The molecule has 0 atom stereocenters. The summed E-state index contributed by atoms with van der Waals surface area (Å²) in [6.07, 6.45) is 0. The Labute approximate surface area is 122 Å². The number of rotatable bonds is 2. The first-order chi connectivity index (χ1) is 10.0. The van der Waals surface area contributed by atoms with Crippen LogP contribution in [0.15, 0.2) is 50.1 Å². The van der Waals surface area contributed by atoms with Crippen LogP contribution in [0.1, 0.15) is 0 Å². The number of hydrogen-bond acceptors (Lipinski definition) is 6. The number of fused-ring (bicyclic) bond motifs is 1. The standard InChI is InChI=1S/C13H11N5O2S/c1-18-13(16-11(19)12(20)17-18)21-10-5-2-7-6-8(14)3-4-9(7)15-10/h2-6H,14H2,1H3,(H,17,20). The van der Waals surface area contributed by atoms with Crippen LogP contribution >= 0.6 is 11.8 Å². The minimum Gasteiger partial charge on any atom is -0.399 e. The highest BCUT2D eigenvalue weighted by atomic mass is 32.2. The van der Waals surface area contributed by atoms with Crippen LogP contribution in [-0.4, -0.2) is 19.7 Å². The maximum atomic E-state index is 11.3. The van der Waals surface area contributed by atoms with Crippen molar-refractivity contribution in [1.82, 2.24) is 19.7 Å². The van der Waals surface area contributed by atoms with E-state index in [1.54, 1.807) is 13.1 Å². The van der Waals surface area contributed by atoms with E-state index in [0.29, 0.717) is 15.9 Å². The monoisotopic (exact) mass is 301 g/mol. The summed E-state index contributed by atoms with van der Waals surface area (Å²) in [5, 5.41) is 4.36. The lowest BCUT2D eigenvalue weighted by Crippen LogP contribution is -2.33. The van der Waals surface area contributed by atoms with E-state index in [0.717, 1.165) is 10.9 Å². The summed E-state index contributed by atoms with van der Waals surface area (Å²) in [7, 11) is 1.61. The Hall–Kier alpha value is -2.61. The molecule has 0 aliphatic carbocycles. The predicted octanol–water partition coefficient (Wildman–Crippen LogP) is 0.750. The molecule has 2 aromatic heterocycles. The molecule has 0 fully saturated rings. The lowest BCUT2D eigenvalue weighted by molar-refractivity contribution is 0.596. The summed E-state index contributed by atoms with van der Waals surface area (Å²) in [5.74, 6) is 0. The fourth-order valence-electron chi connectivity index (χ4n) is 1.83. The lowest BCUT2D eigenvalue weighted by atomic mass is 10.2. The highest BCUT2D eigenvalue weighted by Gasteiger charge is 2.07. The molecule has 0 spiro atoms. The van der Waals surface area contributed by atoms with E-state index in [1.165, 1.54) is 16.4 Å². The molecule has 0 amide bonds. The lowest BCUT2D eigenvalue weighted by Gasteiger charge is -2.06. The molecule has 106 valence electrons. The van der Waals surface area contributed by atoms with Gasteiger partial charge in [-0.05, 0) is 36.0 Å². The molecular weight excluding hydrogens is 290 g/mol. The van der Waals surface area contributed by atoms with Crippen LogP contribution in [-0.2, 0) is 7.05 Å². The molecule has 0 saturated carbocycles. The Morgan fingerprint density at radius 2 is 2.00 bits per heavy atom. The number of nitrogens with two attached hydrogens (primary N) is 1. The summed E-state index contributed by atoms with van der Waals surface area (Å²) in [6, 6.07) is 9.14. The number of anilines is 1. The second-order valence-electron chi connectivity index (χ2n) is 4.40. The van der Waals surface area contributed by atoms with Crippen LogP contribution in [0.4, 0.5) is 5.69 Å². The third kappa shape index (κ3) is 2.65. The largest absolute Gasteiger partial charge is 0.399 e. The van der Waals surface area contributed by atoms with Gasteiger partial charge in [0.15, 0.2) is 5.16 Å². The molecule has 7 nitrogen and oxygen atoms in total. The first-order valence-corrected chi connectivity index (χ1v) is 6.86. The van der Waals surface area contributed by atoms with E-state index in [-0.39, 0.29) is 0 Å². The normalized spacial score (nSPS) is 10.9. The third-order valence-electron chi connectivity index (χ3n) is 2.83. The van der Waals surface area contributed by atoms with E-state index in [2.05, 4.69) is 15.1 Å². The molecule has 0 radical (unpaired) electrons. The number of nitrogens with one attached hydrogen (secondary N) is 1. The second-order valence-corrected chi connectivity index (χ2v) is 5.39. The average molecular weight is 301 g/mol. The van der Waals surface area contributed by atoms with Crippen molar-refractivity contribution in [3.05, 3.63) is 51.0 Å². The Kier molecular flexibility index (Phi) is 3.22. The zero-order chi connectivity index (χ0) is 15.0. The third-order valence-corrected chi connectivity index (χ3v) is 3.82. The molecule has 3 N–H and O–H groups in total. The Morgan fingerprint density at radius 1 is 1.19 bits per heavy atom. The van der Waals surface area contributed by atoms with Crippen LogP contribution in [0.5, 0.6) is 0 Å². The molecule has 0 unspecified atom stereocenters. The van der Waals surface area contributed by atoms with Crippen molar-refractivity contribution >= 4 is 28.4 Å². The van der Waals surface area contributed by atoms with Crippen LogP contribution in [0, 0.1) is 0 Å². The number of benzene rings is 1. The van der Waals surface area contributed by atoms with E-state index in [1.807, 2.05) is 24.3 Å². The Morgan fingerprint density at radius 3 is 2.81 bits per heavy atom. The molecule has 0 bridgehead atoms. The van der Waals surface area contributed by atoms with Crippen molar-refractivity contribution in [3.63, 3.8) is 0 Å². The van der Waals surface area contributed by atoms with Crippen LogP contribution in [0.2, 0.25) is 0 Å². The van der Waals surface area contributed by atoms with Gasteiger partial charge in [-0.1, -0.05) is 6.07 Å². The van der Waals surface area contributed by atoms with Gasteiger partial charge in [-0.25, -0.2) is 4.98 Å². The molecule has 2 heterocycles. The molecule has 0 aliphatic heterocycles. The van der Waals surface area contributed by atoms with Gasteiger partial charge in [0, 0.05) is 18.1 Å². The summed E-state index contributed by atoms with van der Waals surface area (Å²) in [4.78, 5) is 30.7. The maximum Gasteiger partial charge on any atom is 0.339 e. The Bertz CT molecular complexity index is 947. The molecule has 0 aliphatic rings. The Balaban J connectivity index is 2.02. The minimum absolute atomic E-state index is 0.363. The van der Waals surface area contributed by atoms with E-state index >= 15 is 0 Å². The van der Waals surface area contributed by atoms with Gasteiger partial charge in [-0.15, -0.1) is 0 Å². The van der Waals surface area contributed by atoms with E-state index in [9.17, 15) is 9.59 Å². The molecule has 1 aromatic carbocycles. The SMILES string of the molecule is Cn1[nH]c(=O)c(=O)nc1Sc1ccc2cc(N)ccc2n1. The predicted molar refractivity (Wildman–Crippen MR) is 80.4 cm³/mol. The number of nitrogen functional groups attached to an aromatic ring is 1. The number of hydrogen-bond donors (Lipinski definition) is 2. The summed E-state index contributed by atoms with van der Waals surface area (Å²) < 4.78 is 1.39. The van der Waals surface area contributed by atoms with Crippen LogP contribution in [0.3, 0.4) is 0 Å². The maximum absolute atomic E-state index is 11.3. The van der Waals surface area contributed by atoms with Gasteiger partial charge in [-0.3, -0.25) is 19.4 Å². The number of pyridine rings is 1. The number of aryl methyl sites for hydroxylation is 1. The van der Waals surface area contributed by atoms with Gasteiger partial charge < -0.3 is 5.73 Å². The van der Waals surface area contributed by atoms with Gasteiger partial charge in [0.2, 0.25) is 0 Å². The fraction of sp³-hybridized carbons (Fsp3) is 0.0769. The number of aromatic nitrogens is 4. The fourth-order valence-corrected chi connectivity index (χ4v) is 2.61. The number of nitrogens with zero attached hydrogens (tertiary/aromatic N) is 3. The molecule has 8 heteroatoms. The van der Waals surface area contributed by atoms with Crippen LogP contribution in [0.25, 0.3) is 10.9 Å². The van der Waals surface area contributed by atoms with Gasteiger partial charge in [0.25, 0.3) is 0 Å². The van der Waals surface area contributed by atoms with Crippen molar-refractivity contribution in [3.8, 4) is 0 Å². The summed E-state index contributed by atoms with van der Waals surface area (Å²) in [6.45, 7) is 0. The van der Waals surface area contributed by atoms with Gasteiger partial charge in [0.1, 0.15) is 5.03 Å². The first-order valence-electron chi connectivity index (χ1n) is 6.04. The van der Waals surface area contributed by atoms with Gasteiger partial charge in [-0.2, -0.15) is 4.98 Å². The topological polar surface area (TPSA) is 107 Å². The smallest absolute Gasteiger partial charge is 0.339 e. The summed E-state index contributed by atoms with van der Waals surface area (Å²) in [5.41, 5.74) is 5.63. The highest BCUT2D eigenvalue weighted by molar-refractivity contribution is 7.99. The second kappa shape index (κ2) is 5.06. The summed E-state index contributed by atoms with van der Waals surface area (Å²) >= 11 is 1.20. The highest BCUT2D eigenvalue weighted by Crippen LogP contribution is 2.25. The first kappa shape index (κ1) is 13.4. The van der Waals surface area contributed by atoms with Crippen molar-refractivity contribution in [1.29, 1.82) is 0 Å². The van der Waals surface area contributed by atoms with Gasteiger partial charge in [0.05, 0.1) is 5.52 Å². The van der Waals surface area contributed by atoms with E-state index in [4.69, 9.17) is 5.73 Å². The average Bonchev–Trinajstić information content (AvgIpc) is 2.45. The molecule has 0 saturated heterocycles. The van der Waals surface area contributed by atoms with Crippen molar-refractivity contribution in [2.45, 2.75) is 10.2 Å². The molecule has 21 heavy (non-hydrogen) atoms. The zero-order valence-electron chi connectivity index (χ0n) is 11.0. The molecular formula is C13H11N5O2S. The number of aromatic amines is 1. The zero-order valence-corrected chi connectivity index (χ0v) is 11.8. The number of H-pyrrole nitrogens is 1. The van der Waals surface area contributed by atoms with Crippen molar-refractivity contribution in [2.75, 3.05) is 5.73 Å². The molecule has 3 rings (SSSR count).